The van der Waals surface area contributed by atoms with Crippen LogP contribution in [-0.4, -0.2) is 37.7 Å². The molecule has 13 heavy (non-hydrogen) atoms. The molecule has 0 saturated carbocycles. The van der Waals surface area contributed by atoms with E-state index in [-0.39, 0.29) is 5.91 Å². The van der Waals surface area contributed by atoms with Crippen molar-refractivity contribution in [2.24, 2.45) is 0 Å². The number of rotatable bonds is 1. The second kappa shape index (κ2) is 3.60. The van der Waals surface area contributed by atoms with E-state index in [1.807, 2.05) is 6.92 Å². The number of carbonyl (C=O) groups is 1. The van der Waals surface area contributed by atoms with Gasteiger partial charge in [-0.15, -0.1) is 0 Å². The van der Waals surface area contributed by atoms with Gasteiger partial charge in [-0.1, -0.05) is 0 Å². The van der Waals surface area contributed by atoms with Crippen LogP contribution in [0, 0.1) is 6.92 Å². The number of aryl methyl sites for hydroxylation is 1. The molecule has 0 fully saturated rings. The molecule has 0 aliphatic carbocycles. The van der Waals surface area contributed by atoms with Crippen LogP contribution in [0.4, 0.5) is 0 Å². The summed E-state index contributed by atoms with van der Waals surface area (Å²) in [6.45, 7) is 1.83. The molecule has 1 aromatic rings. The maximum Gasteiger partial charge on any atom is 0.254 e. The molecule has 0 spiro atoms. The van der Waals surface area contributed by atoms with Crippen molar-refractivity contribution in [3.8, 4) is 0 Å². The summed E-state index contributed by atoms with van der Waals surface area (Å²) in [4.78, 5) is 16.9. The fourth-order valence-electron chi connectivity index (χ4n) is 0.961. The maximum absolute atomic E-state index is 11.5. The van der Waals surface area contributed by atoms with Crippen molar-refractivity contribution in [1.29, 1.82) is 0 Å². The van der Waals surface area contributed by atoms with E-state index in [0.29, 0.717) is 11.2 Å². The van der Waals surface area contributed by atoms with Crippen LogP contribution in [0.2, 0.25) is 0 Å². The largest absolute Gasteiger partial charge is 0.345 e. The van der Waals surface area contributed by atoms with Gasteiger partial charge in [0.05, 0.1) is 5.56 Å². The molecule has 0 saturated heterocycles. The van der Waals surface area contributed by atoms with Gasteiger partial charge in [0, 0.05) is 20.3 Å². The lowest BCUT2D eigenvalue weighted by molar-refractivity contribution is 0.0827. The highest BCUT2D eigenvalue weighted by Crippen LogP contribution is 2.01. The summed E-state index contributed by atoms with van der Waals surface area (Å²) >= 11 is 0. The Balaban J connectivity index is 3.04. The molecule has 0 N–H and O–H groups in total. The molecule has 4 heteroatoms. The Morgan fingerprint density at radius 2 is 2.15 bits per heavy atom. The van der Waals surface area contributed by atoms with E-state index in [4.69, 9.17) is 7.85 Å². The Morgan fingerprint density at radius 3 is 2.62 bits per heavy atom. The summed E-state index contributed by atoms with van der Waals surface area (Å²) in [7, 11) is 8.93. The van der Waals surface area contributed by atoms with Crippen molar-refractivity contribution in [3.63, 3.8) is 0 Å². The van der Waals surface area contributed by atoms with E-state index >= 15 is 0 Å². The van der Waals surface area contributed by atoms with Gasteiger partial charge in [0.2, 0.25) is 0 Å². The summed E-state index contributed by atoms with van der Waals surface area (Å²) < 4.78 is 0. The molecule has 66 valence electrons. The smallest absolute Gasteiger partial charge is 0.254 e. The Hall–Kier alpha value is -1.32. The lowest BCUT2D eigenvalue weighted by Crippen LogP contribution is -2.23. The fourth-order valence-corrected chi connectivity index (χ4v) is 0.961. The first-order chi connectivity index (χ1) is 6.02. The van der Waals surface area contributed by atoms with Crippen molar-refractivity contribution >= 4 is 19.3 Å². The predicted molar refractivity (Wildman–Crippen MR) is 52.4 cm³/mol. The molecule has 0 aromatic carbocycles. The SMILES string of the molecule is [B]c1ncc(C(=O)N(C)C)cc1C. The number of carbonyl (C=O) groups excluding carboxylic acids is 1. The van der Waals surface area contributed by atoms with Crippen molar-refractivity contribution in [1.82, 2.24) is 9.88 Å². The van der Waals surface area contributed by atoms with E-state index in [1.165, 1.54) is 11.1 Å². The van der Waals surface area contributed by atoms with Gasteiger partial charge in [-0.2, -0.15) is 0 Å². The molecular formula is C9H11BN2O. The molecular weight excluding hydrogens is 163 g/mol. The number of nitrogens with zero attached hydrogens (tertiary/aromatic N) is 2. The van der Waals surface area contributed by atoms with Crippen LogP contribution in [0.25, 0.3) is 0 Å². The molecule has 0 aliphatic heterocycles. The summed E-state index contributed by atoms with van der Waals surface area (Å²) in [5, 5.41) is 0. The maximum atomic E-state index is 11.5. The zero-order valence-corrected chi connectivity index (χ0v) is 8.03. The molecule has 0 atom stereocenters. The number of amides is 1. The average Bonchev–Trinajstić information content (AvgIpc) is 2.08. The Bertz CT molecular complexity index is 336. The van der Waals surface area contributed by atoms with Gasteiger partial charge in [0.1, 0.15) is 7.85 Å². The van der Waals surface area contributed by atoms with E-state index in [0.717, 1.165) is 5.56 Å². The number of hydrogen-bond donors (Lipinski definition) is 0. The fraction of sp³-hybridized carbons (Fsp3) is 0.333. The van der Waals surface area contributed by atoms with Crippen molar-refractivity contribution in [3.05, 3.63) is 23.4 Å². The van der Waals surface area contributed by atoms with E-state index in [2.05, 4.69) is 4.98 Å². The van der Waals surface area contributed by atoms with Crippen LogP contribution in [-0.2, 0) is 0 Å². The van der Waals surface area contributed by atoms with Gasteiger partial charge in [-0.25, -0.2) is 0 Å². The van der Waals surface area contributed by atoms with Gasteiger partial charge >= 0.3 is 0 Å². The Morgan fingerprint density at radius 1 is 1.54 bits per heavy atom. The minimum atomic E-state index is -0.0596. The third-order valence-corrected chi connectivity index (χ3v) is 1.77. The summed E-state index contributed by atoms with van der Waals surface area (Å²) in [5.74, 6) is -0.0596. The standard InChI is InChI=1S/C9H11BN2O/c1-6-4-7(5-11-8(6)10)9(13)12(2)3/h4-5H,1-3H3. The van der Waals surface area contributed by atoms with Crippen LogP contribution in [0.5, 0.6) is 0 Å². The zero-order chi connectivity index (χ0) is 10.0. The number of hydrogen-bond acceptors (Lipinski definition) is 2. The first-order valence-corrected chi connectivity index (χ1v) is 3.96. The average molecular weight is 174 g/mol. The van der Waals surface area contributed by atoms with Crippen LogP contribution in [0.1, 0.15) is 15.9 Å². The second-order valence-electron chi connectivity index (χ2n) is 3.13. The zero-order valence-electron chi connectivity index (χ0n) is 8.03. The van der Waals surface area contributed by atoms with Gasteiger partial charge in [0.25, 0.3) is 5.91 Å². The minimum absolute atomic E-state index is 0.0596. The number of pyridine rings is 1. The Kier molecular flexibility index (Phi) is 2.71. The van der Waals surface area contributed by atoms with Crippen LogP contribution in [0.15, 0.2) is 12.3 Å². The lowest BCUT2D eigenvalue weighted by Gasteiger charge is -2.10. The first kappa shape index (κ1) is 9.77. The molecule has 1 amide bonds. The second-order valence-corrected chi connectivity index (χ2v) is 3.13. The van der Waals surface area contributed by atoms with Crippen LogP contribution >= 0.6 is 0 Å². The molecule has 0 bridgehead atoms. The molecule has 1 aromatic heterocycles. The lowest BCUT2D eigenvalue weighted by atomic mass is 9.97. The Labute approximate surface area is 79.2 Å². The summed E-state index contributed by atoms with van der Waals surface area (Å²) in [5.41, 5.74) is 1.86. The highest BCUT2D eigenvalue weighted by molar-refractivity contribution is 6.31. The van der Waals surface area contributed by atoms with E-state index in [9.17, 15) is 4.79 Å². The highest BCUT2D eigenvalue weighted by Gasteiger charge is 2.08. The van der Waals surface area contributed by atoms with Gasteiger partial charge in [-0.3, -0.25) is 9.78 Å². The molecule has 0 unspecified atom stereocenters. The van der Waals surface area contributed by atoms with Crippen molar-refractivity contribution in [2.75, 3.05) is 14.1 Å². The normalized spacial score (nSPS) is 9.77. The van der Waals surface area contributed by atoms with Gasteiger partial charge in [0.15, 0.2) is 0 Å². The monoisotopic (exact) mass is 174 g/mol. The quantitative estimate of drug-likeness (QED) is 0.556. The van der Waals surface area contributed by atoms with E-state index in [1.54, 1.807) is 20.2 Å². The number of aromatic nitrogens is 1. The first-order valence-electron chi connectivity index (χ1n) is 3.96. The summed E-state index contributed by atoms with van der Waals surface area (Å²) in [6, 6.07) is 1.74. The summed E-state index contributed by atoms with van der Waals surface area (Å²) in [6.07, 6.45) is 1.49. The molecule has 2 radical (unpaired) electrons. The van der Waals surface area contributed by atoms with Crippen LogP contribution in [0.3, 0.4) is 0 Å². The molecule has 0 aliphatic rings. The molecule has 3 nitrogen and oxygen atoms in total. The third kappa shape index (κ3) is 2.08. The van der Waals surface area contributed by atoms with Crippen molar-refractivity contribution < 1.29 is 4.79 Å². The van der Waals surface area contributed by atoms with E-state index < -0.39 is 0 Å². The van der Waals surface area contributed by atoms with Crippen molar-refractivity contribution in [2.45, 2.75) is 6.92 Å². The van der Waals surface area contributed by atoms with Crippen LogP contribution < -0.4 is 5.59 Å². The minimum Gasteiger partial charge on any atom is -0.345 e. The van der Waals surface area contributed by atoms with Gasteiger partial charge < -0.3 is 4.90 Å². The molecule has 1 rings (SSSR count). The van der Waals surface area contributed by atoms with Gasteiger partial charge in [-0.05, 0) is 24.1 Å². The highest BCUT2D eigenvalue weighted by atomic mass is 16.2. The molecule has 1 heterocycles. The predicted octanol–water partition coefficient (Wildman–Crippen LogP) is -0.114. The third-order valence-electron chi connectivity index (χ3n) is 1.77. The topological polar surface area (TPSA) is 33.2 Å².